The highest BCUT2D eigenvalue weighted by molar-refractivity contribution is 5.76. The number of aliphatic carboxylic acids is 1. The minimum absolute atomic E-state index is 0.294. The molecule has 0 bridgehead atoms. The van der Waals surface area contributed by atoms with E-state index in [1.807, 2.05) is 0 Å². The fourth-order valence-corrected chi connectivity index (χ4v) is 1.04. The van der Waals surface area contributed by atoms with Gasteiger partial charge in [-0.3, -0.25) is 9.48 Å². The summed E-state index contributed by atoms with van der Waals surface area (Å²) in [6.45, 7) is 5.13. The lowest BCUT2D eigenvalue weighted by Crippen LogP contribution is -2.28. The maximum absolute atomic E-state index is 11.0. The normalized spacial score (nSPS) is 14.7. The van der Waals surface area contributed by atoms with Crippen LogP contribution >= 0.6 is 0 Å². The largest absolute Gasteiger partial charge is 0.481 e. The van der Waals surface area contributed by atoms with E-state index in [1.54, 1.807) is 18.7 Å². The standard InChI is InChI=1S/C9H13N3O2/c1-4-9(2,8(13)14)5-7-10-6-11-12(7)3/h4,6H,1,5H2,2-3H3,(H,13,14). The number of carbonyl (C=O) groups is 1. The van der Waals surface area contributed by atoms with Gasteiger partial charge in [-0.25, -0.2) is 4.98 Å². The zero-order valence-electron chi connectivity index (χ0n) is 8.27. The predicted molar refractivity (Wildman–Crippen MR) is 50.6 cm³/mol. The van der Waals surface area contributed by atoms with Crippen LogP contribution in [-0.4, -0.2) is 25.8 Å². The molecule has 1 heterocycles. The lowest BCUT2D eigenvalue weighted by Gasteiger charge is -2.18. The van der Waals surface area contributed by atoms with Crippen molar-refractivity contribution in [3.63, 3.8) is 0 Å². The minimum atomic E-state index is -0.985. The van der Waals surface area contributed by atoms with Crippen molar-refractivity contribution in [1.82, 2.24) is 14.8 Å². The molecule has 1 unspecified atom stereocenters. The SMILES string of the molecule is C=CC(C)(Cc1ncnn1C)C(=O)O. The molecule has 0 saturated carbocycles. The lowest BCUT2D eigenvalue weighted by atomic mass is 9.87. The number of rotatable bonds is 4. The second-order valence-electron chi connectivity index (χ2n) is 3.40. The Morgan fingerprint density at radius 1 is 1.86 bits per heavy atom. The molecule has 0 aliphatic carbocycles. The summed E-state index contributed by atoms with van der Waals surface area (Å²) in [4.78, 5) is 14.9. The van der Waals surface area contributed by atoms with Crippen molar-refractivity contribution in [1.29, 1.82) is 0 Å². The van der Waals surface area contributed by atoms with Crippen LogP contribution in [0, 0.1) is 5.41 Å². The van der Waals surface area contributed by atoms with Gasteiger partial charge in [-0.1, -0.05) is 6.08 Å². The quantitative estimate of drug-likeness (QED) is 0.716. The Morgan fingerprint density at radius 3 is 2.86 bits per heavy atom. The average molecular weight is 195 g/mol. The minimum Gasteiger partial charge on any atom is -0.481 e. The van der Waals surface area contributed by atoms with Gasteiger partial charge in [-0.2, -0.15) is 5.10 Å². The molecule has 0 aromatic carbocycles. The monoisotopic (exact) mass is 195 g/mol. The van der Waals surface area contributed by atoms with Crippen LogP contribution in [0.3, 0.4) is 0 Å². The van der Waals surface area contributed by atoms with Crippen LogP contribution in [0.2, 0.25) is 0 Å². The van der Waals surface area contributed by atoms with E-state index in [0.717, 1.165) is 0 Å². The van der Waals surface area contributed by atoms with Gasteiger partial charge < -0.3 is 5.11 Å². The third-order valence-electron chi connectivity index (χ3n) is 2.27. The molecule has 0 radical (unpaired) electrons. The van der Waals surface area contributed by atoms with Crippen molar-refractivity contribution < 1.29 is 9.90 Å². The maximum Gasteiger partial charge on any atom is 0.313 e. The summed E-state index contributed by atoms with van der Waals surface area (Å²) in [5, 5.41) is 12.9. The van der Waals surface area contributed by atoms with Gasteiger partial charge in [-0.05, 0) is 6.92 Å². The molecule has 0 saturated heterocycles. The molecule has 1 atom stereocenters. The number of aryl methyl sites for hydroxylation is 1. The third-order valence-corrected chi connectivity index (χ3v) is 2.27. The van der Waals surface area contributed by atoms with Gasteiger partial charge in [0.25, 0.3) is 0 Å². The molecule has 1 aromatic heterocycles. The highest BCUT2D eigenvalue weighted by atomic mass is 16.4. The molecule has 76 valence electrons. The van der Waals surface area contributed by atoms with Crippen molar-refractivity contribution in [2.75, 3.05) is 0 Å². The summed E-state index contributed by atoms with van der Waals surface area (Å²) in [5.74, 6) is -0.273. The molecule has 0 spiro atoms. The number of carboxylic acid groups (broad SMARTS) is 1. The van der Waals surface area contributed by atoms with Crippen LogP contribution in [0.25, 0.3) is 0 Å². The van der Waals surface area contributed by atoms with Crippen LogP contribution in [-0.2, 0) is 18.3 Å². The summed E-state index contributed by atoms with van der Waals surface area (Å²) >= 11 is 0. The second kappa shape index (κ2) is 3.61. The third kappa shape index (κ3) is 1.81. The van der Waals surface area contributed by atoms with Crippen LogP contribution in [0.15, 0.2) is 19.0 Å². The first-order valence-corrected chi connectivity index (χ1v) is 4.19. The van der Waals surface area contributed by atoms with E-state index in [0.29, 0.717) is 12.2 Å². The van der Waals surface area contributed by atoms with Gasteiger partial charge >= 0.3 is 5.97 Å². The van der Waals surface area contributed by atoms with Gasteiger partial charge in [0.05, 0.1) is 5.41 Å². The maximum atomic E-state index is 11.0. The molecular formula is C9H13N3O2. The Hall–Kier alpha value is -1.65. The highest BCUT2D eigenvalue weighted by Crippen LogP contribution is 2.22. The number of carboxylic acids is 1. The highest BCUT2D eigenvalue weighted by Gasteiger charge is 2.31. The topological polar surface area (TPSA) is 68.0 Å². The Balaban J connectivity index is 2.91. The molecule has 1 N–H and O–H groups in total. The van der Waals surface area contributed by atoms with Crippen LogP contribution in [0.4, 0.5) is 0 Å². The molecule has 5 heteroatoms. The summed E-state index contributed by atoms with van der Waals surface area (Å²) in [6.07, 6.45) is 3.12. The van der Waals surface area contributed by atoms with E-state index in [-0.39, 0.29) is 0 Å². The van der Waals surface area contributed by atoms with Gasteiger partial charge in [0.15, 0.2) is 0 Å². The van der Waals surface area contributed by atoms with Crippen molar-refractivity contribution in [3.8, 4) is 0 Å². The molecule has 0 fully saturated rings. The molecule has 1 aromatic rings. The van der Waals surface area contributed by atoms with Crippen molar-refractivity contribution in [2.45, 2.75) is 13.3 Å². The Morgan fingerprint density at radius 2 is 2.50 bits per heavy atom. The zero-order valence-corrected chi connectivity index (χ0v) is 8.27. The Labute approximate surface area is 82.1 Å². The summed E-state index contributed by atoms with van der Waals surface area (Å²) in [6, 6.07) is 0. The van der Waals surface area contributed by atoms with Gasteiger partial charge in [0, 0.05) is 13.5 Å². The van der Waals surface area contributed by atoms with E-state index in [4.69, 9.17) is 5.11 Å². The number of hydrogen-bond donors (Lipinski definition) is 1. The first-order valence-electron chi connectivity index (χ1n) is 4.19. The van der Waals surface area contributed by atoms with E-state index in [2.05, 4.69) is 16.7 Å². The van der Waals surface area contributed by atoms with Gasteiger partial charge in [-0.15, -0.1) is 6.58 Å². The summed E-state index contributed by atoms with van der Waals surface area (Å²) in [5.41, 5.74) is -0.985. The molecular weight excluding hydrogens is 182 g/mol. The first kappa shape index (κ1) is 10.4. The fourth-order valence-electron chi connectivity index (χ4n) is 1.04. The average Bonchev–Trinajstić information content (AvgIpc) is 2.51. The van der Waals surface area contributed by atoms with Gasteiger partial charge in [0.1, 0.15) is 12.2 Å². The zero-order chi connectivity index (χ0) is 10.8. The molecule has 1 rings (SSSR count). The summed E-state index contributed by atoms with van der Waals surface area (Å²) < 4.78 is 1.56. The van der Waals surface area contributed by atoms with Crippen LogP contribution < -0.4 is 0 Å². The smallest absolute Gasteiger partial charge is 0.313 e. The van der Waals surface area contributed by atoms with E-state index in [1.165, 1.54) is 12.4 Å². The molecule has 0 amide bonds. The predicted octanol–water partition coefficient (Wildman–Crippen LogP) is 0.635. The van der Waals surface area contributed by atoms with E-state index < -0.39 is 11.4 Å². The number of aromatic nitrogens is 3. The Bertz CT molecular complexity index is 359. The van der Waals surface area contributed by atoms with E-state index >= 15 is 0 Å². The van der Waals surface area contributed by atoms with Crippen molar-refractivity contribution >= 4 is 5.97 Å². The Kier molecular flexibility index (Phi) is 2.69. The molecule has 0 aliphatic rings. The molecule has 14 heavy (non-hydrogen) atoms. The van der Waals surface area contributed by atoms with Crippen LogP contribution in [0.1, 0.15) is 12.7 Å². The van der Waals surface area contributed by atoms with Crippen molar-refractivity contribution in [3.05, 3.63) is 24.8 Å². The second-order valence-corrected chi connectivity index (χ2v) is 3.40. The van der Waals surface area contributed by atoms with Crippen LogP contribution in [0.5, 0.6) is 0 Å². The summed E-state index contributed by atoms with van der Waals surface area (Å²) in [7, 11) is 1.73. The fraction of sp³-hybridized carbons (Fsp3) is 0.444. The number of nitrogens with zero attached hydrogens (tertiary/aromatic N) is 3. The van der Waals surface area contributed by atoms with E-state index in [9.17, 15) is 4.79 Å². The lowest BCUT2D eigenvalue weighted by molar-refractivity contribution is -0.145. The van der Waals surface area contributed by atoms with Crippen molar-refractivity contribution in [2.24, 2.45) is 12.5 Å². The number of hydrogen-bond acceptors (Lipinski definition) is 3. The molecule has 5 nitrogen and oxygen atoms in total. The molecule has 0 aliphatic heterocycles. The first-order chi connectivity index (χ1) is 6.49. The van der Waals surface area contributed by atoms with Gasteiger partial charge in [0.2, 0.25) is 0 Å².